The second kappa shape index (κ2) is 6.88. The van der Waals surface area contributed by atoms with Crippen LogP contribution >= 0.6 is 0 Å². The highest BCUT2D eigenvalue weighted by Gasteiger charge is 2.29. The van der Waals surface area contributed by atoms with Crippen LogP contribution in [0.3, 0.4) is 0 Å². The van der Waals surface area contributed by atoms with Crippen molar-refractivity contribution in [3.63, 3.8) is 0 Å². The number of amides is 1. The largest absolute Gasteiger partial charge is 0.369 e. The number of primary amides is 1. The van der Waals surface area contributed by atoms with E-state index in [2.05, 4.69) is 26.3 Å². The van der Waals surface area contributed by atoms with Crippen LogP contribution in [0.25, 0.3) is 27.8 Å². The van der Waals surface area contributed by atoms with Crippen LogP contribution in [0.15, 0.2) is 36.5 Å². The topological polar surface area (TPSA) is 112 Å². The van der Waals surface area contributed by atoms with Crippen LogP contribution in [0.1, 0.15) is 30.8 Å². The van der Waals surface area contributed by atoms with Gasteiger partial charge in [0, 0.05) is 23.4 Å². The summed E-state index contributed by atoms with van der Waals surface area (Å²) < 4.78 is 1.74. The van der Waals surface area contributed by atoms with Crippen molar-refractivity contribution in [3.05, 3.63) is 48.0 Å². The van der Waals surface area contributed by atoms with Crippen LogP contribution in [0.2, 0.25) is 0 Å². The number of carbonyl (C=O) groups excluding carboxylic acids is 1. The van der Waals surface area contributed by atoms with Crippen LogP contribution in [0.5, 0.6) is 0 Å². The number of nitrogens with two attached hydrogens (primary N) is 1. The van der Waals surface area contributed by atoms with Crippen molar-refractivity contribution in [1.29, 1.82) is 0 Å². The summed E-state index contributed by atoms with van der Waals surface area (Å²) in [5.74, 6) is 0.899. The van der Waals surface area contributed by atoms with E-state index in [1.165, 1.54) is 0 Å². The summed E-state index contributed by atoms with van der Waals surface area (Å²) in [5, 5.41) is 9.53. The Kier molecular flexibility index (Phi) is 4.19. The predicted molar refractivity (Wildman–Crippen MR) is 108 cm³/mol. The molecule has 0 saturated heterocycles. The number of aryl methyl sites for hydroxylation is 1. The zero-order valence-electron chi connectivity index (χ0n) is 16.1. The van der Waals surface area contributed by atoms with E-state index in [1.54, 1.807) is 10.9 Å². The Balaban J connectivity index is 1.47. The first kappa shape index (κ1) is 17.7. The van der Waals surface area contributed by atoms with Gasteiger partial charge in [0.25, 0.3) is 0 Å². The molecule has 1 aromatic carbocycles. The maximum Gasteiger partial charge on any atom is 0.220 e. The van der Waals surface area contributed by atoms with Gasteiger partial charge in [-0.25, -0.2) is 9.97 Å². The third-order valence-corrected chi connectivity index (χ3v) is 5.71. The minimum atomic E-state index is -0.202. The van der Waals surface area contributed by atoms with E-state index in [0.717, 1.165) is 53.8 Å². The lowest BCUT2D eigenvalue weighted by molar-refractivity contribution is -0.121. The Labute approximate surface area is 167 Å². The average molecular weight is 387 g/mol. The first-order valence-electron chi connectivity index (χ1n) is 9.81. The van der Waals surface area contributed by atoms with Crippen molar-refractivity contribution in [1.82, 2.24) is 29.9 Å². The monoisotopic (exact) mass is 387 g/mol. The lowest BCUT2D eigenvalue weighted by Gasteiger charge is -2.09. The summed E-state index contributed by atoms with van der Waals surface area (Å²) in [6.45, 7) is 1.98. The zero-order chi connectivity index (χ0) is 20.0. The number of carbonyl (C=O) groups is 1. The number of hydrogen-bond donors (Lipinski definition) is 1. The molecule has 0 radical (unpaired) electrons. The van der Waals surface area contributed by atoms with Crippen LogP contribution in [-0.2, 0) is 11.2 Å². The highest BCUT2D eigenvalue weighted by molar-refractivity contribution is 5.82. The van der Waals surface area contributed by atoms with Gasteiger partial charge in [-0.1, -0.05) is 11.3 Å². The van der Waals surface area contributed by atoms with Gasteiger partial charge >= 0.3 is 0 Å². The molecule has 1 fully saturated rings. The fraction of sp³-hybridized carbons (Fsp3) is 0.333. The molecule has 29 heavy (non-hydrogen) atoms. The molecule has 0 bridgehead atoms. The Hall–Kier alpha value is -3.42. The summed E-state index contributed by atoms with van der Waals surface area (Å²) in [4.78, 5) is 25.2. The van der Waals surface area contributed by atoms with E-state index in [-0.39, 0.29) is 11.8 Å². The number of nitrogens with zero attached hydrogens (tertiary/aromatic N) is 6. The van der Waals surface area contributed by atoms with Crippen LogP contribution in [0, 0.1) is 18.8 Å². The Bertz CT molecular complexity index is 1230. The van der Waals surface area contributed by atoms with E-state index in [9.17, 15) is 4.79 Å². The molecule has 1 saturated carbocycles. The van der Waals surface area contributed by atoms with Gasteiger partial charge in [0.05, 0.1) is 17.4 Å². The Morgan fingerprint density at radius 2 is 2.07 bits per heavy atom. The van der Waals surface area contributed by atoms with Gasteiger partial charge in [-0.05, 0) is 56.4 Å². The summed E-state index contributed by atoms with van der Waals surface area (Å²) >= 11 is 0. The molecule has 2 N–H and O–H groups in total. The van der Waals surface area contributed by atoms with Crippen molar-refractivity contribution in [2.45, 2.75) is 32.6 Å². The molecular weight excluding hydrogens is 366 g/mol. The van der Waals surface area contributed by atoms with Gasteiger partial charge in [-0.15, -0.1) is 5.10 Å². The second-order valence-electron chi connectivity index (χ2n) is 7.81. The van der Waals surface area contributed by atoms with Gasteiger partial charge in [0.1, 0.15) is 5.82 Å². The summed E-state index contributed by atoms with van der Waals surface area (Å²) in [6.07, 6.45) is 5.08. The average Bonchev–Trinajstić information content (AvgIpc) is 3.34. The van der Waals surface area contributed by atoms with Crippen LogP contribution < -0.4 is 5.73 Å². The summed E-state index contributed by atoms with van der Waals surface area (Å²) in [7, 11) is 0. The van der Waals surface area contributed by atoms with Crippen molar-refractivity contribution >= 4 is 28.0 Å². The highest BCUT2D eigenvalue weighted by Crippen LogP contribution is 2.32. The summed E-state index contributed by atoms with van der Waals surface area (Å²) in [6, 6.07) is 10.0. The van der Waals surface area contributed by atoms with Gasteiger partial charge < -0.3 is 5.73 Å². The molecule has 0 unspecified atom stereocenters. The molecule has 1 aliphatic rings. The number of pyridine rings is 1. The SMILES string of the molecule is Cc1ccc2cc(-n3nnc4cnc(C[C@H]5CC[C@H](C(N)=O)C5)nc43)ccc2n1. The van der Waals surface area contributed by atoms with E-state index < -0.39 is 0 Å². The fourth-order valence-corrected chi connectivity index (χ4v) is 4.16. The smallest absolute Gasteiger partial charge is 0.220 e. The maximum absolute atomic E-state index is 11.4. The molecule has 0 aliphatic heterocycles. The molecule has 5 rings (SSSR count). The molecule has 8 nitrogen and oxygen atoms in total. The van der Waals surface area contributed by atoms with Crippen molar-refractivity contribution in [3.8, 4) is 5.69 Å². The predicted octanol–water partition coefficient (Wildman–Crippen LogP) is 2.51. The van der Waals surface area contributed by atoms with E-state index in [1.807, 2.05) is 31.2 Å². The van der Waals surface area contributed by atoms with Gasteiger partial charge in [-0.2, -0.15) is 4.68 Å². The third kappa shape index (κ3) is 3.30. The van der Waals surface area contributed by atoms with Crippen LogP contribution in [0.4, 0.5) is 0 Å². The maximum atomic E-state index is 11.4. The van der Waals surface area contributed by atoms with E-state index >= 15 is 0 Å². The lowest BCUT2D eigenvalue weighted by Crippen LogP contribution is -2.21. The first-order chi connectivity index (χ1) is 14.1. The molecule has 1 aliphatic carbocycles. The number of fused-ring (bicyclic) bond motifs is 2. The minimum Gasteiger partial charge on any atom is -0.369 e. The molecule has 8 heteroatoms. The number of hydrogen-bond acceptors (Lipinski definition) is 6. The summed E-state index contributed by atoms with van der Waals surface area (Å²) in [5.41, 5.74) is 9.59. The van der Waals surface area contributed by atoms with Crippen molar-refractivity contribution in [2.75, 3.05) is 0 Å². The van der Waals surface area contributed by atoms with E-state index in [0.29, 0.717) is 17.1 Å². The highest BCUT2D eigenvalue weighted by atomic mass is 16.1. The molecular formula is C21H21N7O. The van der Waals surface area contributed by atoms with Crippen molar-refractivity contribution < 1.29 is 4.79 Å². The number of aromatic nitrogens is 6. The number of benzene rings is 1. The minimum absolute atomic E-state index is 0.0224. The normalized spacial score (nSPS) is 19.2. The molecule has 4 aromatic rings. The zero-order valence-corrected chi connectivity index (χ0v) is 16.1. The third-order valence-electron chi connectivity index (χ3n) is 5.71. The Morgan fingerprint density at radius 3 is 2.90 bits per heavy atom. The first-order valence-corrected chi connectivity index (χ1v) is 9.81. The quantitative estimate of drug-likeness (QED) is 0.576. The molecule has 146 valence electrons. The lowest BCUT2D eigenvalue weighted by atomic mass is 10.0. The molecule has 3 aromatic heterocycles. The van der Waals surface area contributed by atoms with Gasteiger partial charge in [0.15, 0.2) is 11.2 Å². The second-order valence-corrected chi connectivity index (χ2v) is 7.81. The molecule has 2 atom stereocenters. The van der Waals surface area contributed by atoms with E-state index in [4.69, 9.17) is 10.7 Å². The van der Waals surface area contributed by atoms with Crippen molar-refractivity contribution in [2.24, 2.45) is 17.6 Å². The standard InChI is InChI=1S/C21H21N7O/c1-12-2-4-14-10-16(6-7-17(14)24-12)28-21-18(26-27-28)11-23-19(25-21)9-13-3-5-15(8-13)20(22)29/h2,4,6-7,10-11,13,15H,3,5,8-9H2,1H3,(H2,22,29)/t13-,15-/m0/s1. The molecule has 3 heterocycles. The van der Waals surface area contributed by atoms with Gasteiger partial charge in [0.2, 0.25) is 5.91 Å². The molecule has 1 amide bonds. The Morgan fingerprint density at radius 1 is 1.17 bits per heavy atom. The van der Waals surface area contributed by atoms with Gasteiger partial charge in [-0.3, -0.25) is 9.78 Å². The van der Waals surface area contributed by atoms with Crippen LogP contribution in [-0.4, -0.2) is 35.9 Å². The number of rotatable bonds is 4. The fourth-order valence-electron chi connectivity index (χ4n) is 4.16. The molecule has 0 spiro atoms.